The van der Waals surface area contributed by atoms with E-state index in [9.17, 15) is 14.7 Å². The number of rotatable bonds is 6. The molecule has 1 aliphatic rings. The number of aliphatic hydroxyl groups is 3. The molecular formula is C16H31NO8. The van der Waals surface area contributed by atoms with Gasteiger partial charge in [-0.15, -0.1) is 0 Å². The van der Waals surface area contributed by atoms with Crippen molar-refractivity contribution < 1.29 is 39.1 Å². The van der Waals surface area contributed by atoms with Gasteiger partial charge < -0.3 is 34.8 Å². The van der Waals surface area contributed by atoms with Crippen molar-refractivity contribution in [1.82, 2.24) is 5.32 Å². The summed E-state index contributed by atoms with van der Waals surface area (Å²) in [5.41, 5.74) is 0. The van der Waals surface area contributed by atoms with E-state index in [1.54, 1.807) is 27.7 Å². The highest BCUT2D eigenvalue weighted by molar-refractivity contribution is 5.78. The predicted molar refractivity (Wildman–Crippen MR) is 88.7 cm³/mol. The fourth-order valence-corrected chi connectivity index (χ4v) is 1.94. The van der Waals surface area contributed by atoms with E-state index in [0.717, 1.165) is 0 Å². The van der Waals surface area contributed by atoms with Crippen molar-refractivity contribution in [2.24, 2.45) is 5.92 Å². The van der Waals surface area contributed by atoms with Gasteiger partial charge >= 0.3 is 5.97 Å². The molecule has 0 aromatic carbocycles. The first-order valence-corrected chi connectivity index (χ1v) is 8.21. The number of ether oxygens (including phenoxy) is 3. The van der Waals surface area contributed by atoms with Crippen molar-refractivity contribution in [1.29, 1.82) is 0 Å². The Morgan fingerprint density at radius 3 is 2.28 bits per heavy atom. The maximum atomic E-state index is 11.8. The van der Waals surface area contributed by atoms with Crippen LogP contribution < -0.4 is 5.32 Å². The lowest BCUT2D eigenvalue weighted by atomic mass is 9.97. The summed E-state index contributed by atoms with van der Waals surface area (Å²) < 4.78 is 15.1. The van der Waals surface area contributed by atoms with Gasteiger partial charge in [0.15, 0.2) is 0 Å². The topological polar surface area (TPSA) is 135 Å². The summed E-state index contributed by atoms with van der Waals surface area (Å²) in [4.78, 5) is 22.9. The van der Waals surface area contributed by atoms with E-state index in [2.05, 4.69) is 10.1 Å². The third kappa shape index (κ3) is 9.13. The van der Waals surface area contributed by atoms with Gasteiger partial charge in [-0.1, -0.05) is 13.8 Å². The first kappa shape index (κ1) is 23.7. The second kappa shape index (κ2) is 12.2. The van der Waals surface area contributed by atoms with Gasteiger partial charge in [-0.2, -0.15) is 0 Å². The molecule has 1 fully saturated rings. The van der Waals surface area contributed by atoms with Crippen LogP contribution in [0.3, 0.4) is 0 Å². The summed E-state index contributed by atoms with van der Waals surface area (Å²) in [6, 6.07) is -0.609. The molecule has 0 aromatic heterocycles. The SMILES string of the molecule is CC(C)O.COC(=O)COC1C(O)C(CO)OC[C@H]1NC(=O)C(C)C. The summed E-state index contributed by atoms with van der Waals surface area (Å²) in [7, 11) is 1.22. The Hall–Kier alpha value is -1.26. The number of hydrogen-bond donors (Lipinski definition) is 4. The molecule has 148 valence electrons. The molecule has 9 nitrogen and oxygen atoms in total. The van der Waals surface area contributed by atoms with Crippen LogP contribution in [0.2, 0.25) is 0 Å². The average molecular weight is 365 g/mol. The zero-order valence-electron chi connectivity index (χ0n) is 15.5. The van der Waals surface area contributed by atoms with E-state index in [1.165, 1.54) is 7.11 Å². The van der Waals surface area contributed by atoms with Gasteiger partial charge in [-0.3, -0.25) is 4.79 Å². The number of aliphatic hydroxyl groups excluding tert-OH is 3. The second-order valence-electron chi connectivity index (χ2n) is 6.26. The lowest BCUT2D eigenvalue weighted by Gasteiger charge is -2.39. The molecule has 3 unspecified atom stereocenters. The molecule has 9 heteroatoms. The lowest BCUT2D eigenvalue weighted by molar-refractivity contribution is -0.186. The normalized spacial score (nSPS) is 26.0. The molecule has 0 bridgehead atoms. The lowest BCUT2D eigenvalue weighted by Crippen LogP contribution is -2.61. The molecule has 4 atom stereocenters. The van der Waals surface area contributed by atoms with Crippen LogP contribution >= 0.6 is 0 Å². The molecule has 0 aliphatic carbocycles. The summed E-state index contributed by atoms with van der Waals surface area (Å²) >= 11 is 0. The van der Waals surface area contributed by atoms with E-state index in [4.69, 9.17) is 19.7 Å². The van der Waals surface area contributed by atoms with Crippen LogP contribution in [-0.2, 0) is 23.8 Å². The quantitative estimate of drug-likeness (QED) is 0.432. The molecule has 1 aliphatic heterocycles. The highest BCUT2D eigenvalue weighted by atomic mass is 16.6. The minimum atomic E-state index is -1.16. The molecule has 1 amide bonds. The minimum Gasteiger partial charge on any atom is -0.467 e. The molecule has 0 aromatic rings. The second-order valence-corrected chi connectivity index (χ2v) is 6.26. The molecule has 1 saturated heterocycles. The fourth-order valence-electron chi connectivity index (χ4n) is 1.94. The molecule has 4 N–H and O–H groups in total. The van der Waals surface area contributed by atoms with E-state index in [-0.39, 0.29) is 37.7 Å². The van der Waals surface area contributed by atoms with E-state index >= 15 is 0 Å². The Kier molecular flexibility index (Phi) is 11.5. The van der Waals surface area contributed by atoms with Crippen molar-refractivity contribution in [3.63, 3.8) is 0 Å². The van der Waals surface area contributed by atoms with Crippen molar-refractivity contribution in [2.45, 2.75) is 58.2 Å². The third-order valence-electron chi connectivity index (χ3n) is 3.26. The summed E-state index contributed by atoms with van der Waals surface area (Å²) in [5, 5.41) is 30.0. The minimum absolute atomic E-state index is 0.0760. The van der Waals surface area contributed by atoms with Crippen LogP contribution in [0, 0.1) is 5.92 Å². The van der Waals surface area contributed by atoms with Crippen LogP contribution in [0.5, 0.6) is 0 Å². The molecular weight excluding hydrogens is 334 g/mol. The summed E-state index contributed by atoms with van der Waals surface area (Å²) in [5.74, 6) is -1.05. The van der Waals surface area contributed by atoms with Gasteiger partial charge in [-0.25, -0.2) is 4.79 Å². The standard InChI is InChI=1S/C13H23NO7.C3H8O/c1-7(2)13(18)14-8-5-20-9(4-15)11(17)12(8)21-6-10(16)19-3;1-3(2)4/h7-9,11-12,15,17H,4-6H2,1-3H3,(H,14,18);3-4H,1-2H3/t8-,9?,11?,12?;/m1./s1. The van der Waals surface area contributed by atoms with Gasteiger partial charge in [0.05, 0.1) is 26.4 Å². The van der Waals surface area contributed by atoms with Crippen LogP contribution in [0.25, 0.3) is 0 Å². The first-order chi connectivity index (χ1) is 11.6. The summed E-state index contributed by atoms with van der Waals surface area (Å²) in [6.45, 7) is 6.24. The van der Waals surface area contributed by atoms with Crippen molar-refractivity contribution in [3.8, 4) is 0 Å². The Balaban J connectivity index is 0.00000129. The largest absolute Gasteiger partial charge is 0.467 e. The Labute approximate surface area is 148 Å². The monoisotopic (exact) mass is 365 g/mol. The highest BCUT2D eigenvalue weighted by Gasteiger charge is 2.41. The van der Waals surface area contributed by atoms with Crippen LogP contribution in [0.15, 0.2) is 0 Å². The number of esters is 1. The van der Waals surface area contributed by atoms with Crippen molar-refractivity contribution >= 4 is 11.9 Å². The van der Waals surface area contributed by atoms with Crippen LogP contribution in [0.1, 0.15) is 27.7 Å². The number of carbonyl (C=O) groups is 2. The fraction of sp³-hybridized carbons (Fsp3) is 0.875. The van der Waals surface area contributed by atoms with E-state index in [1.807, 2.05) is 0 Å². The van der Waals surface area contributed by atoms with Crippen molar-refractivity contribution in [3.05, 3.63) is 0 Å². The molecule has 0 saturated carbocycles. The molecule has 25 heavy (non-hydrogen) atoms. The number of methoxy groups -OCH3 is 1. The first-order valence-electron chi connectivity index (χ1n) is 8.21. The van der Waals surface area contributed by atoms with Crippen LogP contribution in [-0.4, -0.2) is 84.6 Å². The summed E-state index contributed by atoms with van der Waals surface area (Å²) in [6.07, 6.45) is -3.01. The maximum absolute atomic E-state index is 11.8. The zero-order valence-corrected chi connectivity index (χ0v) is 15.5. The Morgan fingerprint density at radius 2 is 1.84 bits per heavy atom. The number of carbonyl (C=O) groups excluding carboxylic acids is 2. The van der Waals surface area contributed by atoms with Crippen molar-refractivity contribution in [2.75, 3.05) is 26.9 Å². The predicted octanol–water partition coefficient (Wildman–Crippen LogP) is -1.18. The zero-order chi connectivity index (χ0) is 19.6. The highest BCUT2D eigenvalue weighted by Crippen LogP contribution is 2.19. The number of hydrogen-bond acceptors (Lipinski definition) is 8. The molecule has 1 heterocycles. The van der Waals surface area contributed by atoms with Crippen LogP contribution in [0.4, 0.5) is 0 Å². The van der Waals surface area contributed by atoms with E-state index < -0.39 is 30.3 Å². The van der Waals surface area contributed by atoms with E-state index in [0.29, 0.717) is 0 Å². The maximum Gasteiger partial charge on any atom is 0.331 e. The van der Waals surface area contributed by atoms with Gasteiger partial charge in [0, 0.05) is 12.0 Å². The average Bonchev–Trinajstić information content (AvgIpc) is 2.53. The smallest absolute Gasteiger partial charge is 0.331 e. The molecule has 0 radical (unpaired) electrons. The van der Waals surface area contributed by atoms with Gasteiger partial charge in [0.1, 0.15) is 24.9 Å². The van der Waals surface area contributed by atoms with Gasteiger partial charge in [-0.05, 0) is 13.8 Å². The number of amides is 1. The Bertz CT molecular complexity index is 399. The van der Waals surface area contributed by atoms with Gasteiger partial charge in [0.25, 0.3) is 0 Å². The number of nitrogens with one attached hydrogen (secondary N) is 1. The molecule has 0 spiro atoms. The molecule has 1 rings (SSSR count). The Morgan fingerprint density at radius 1 is 1.28 bits per heavy atom. The third-order valence-corrected chi connectivity index (χ3v) is 3.26. The van der Waals surface area contributed by atoms with Gasteiger partial charge in [0.2, 0.25) is 5.91 Å².